The molecule has 1 aromatic carbocycles. The number of carbonyl (C=O) groups excluding carboxylic acids is 1. The van der Waals surface area contributed by atoms with E-state index in [4.69, 9.17) is 14.6 Å². The normalized spacial score (nSPS) is 17.7. The van der Waals surface area contributed by atoms with E-state index in [-0.39, 0.29) is 19.2 Å². The number of rotatable bonds is 2. The minimum absolute atomic E-state index is 0.0598. The lowest BCUT2D eigenvalue weighted by atomic mass is 10.1. The highest BCUT2D eigenvalue weighted by Crippen LogP contribution is 2.42. The van der Waals surface area contributed by atoms with Gasteiger partial charge in [0.05, 0.1) is 17.9 Å². The van der Waals surface area contributed by atoms with Crippen LogP contribution in [0.5, 0.6) is 11.5 Å². The predicted octanol–water partition coefficient (Wildman–Crippen LogP) is 0.647. The van der Waals surface area contributed by atoms with Gasteiger partial charge in [-0.3, -0.25) is 9.69 Å². The minimum atomic E-state index is -1.06. The number of nitrogens with one attached hydrogen (secondary N) is 1. The van der Waals surface area contributed by atoms with Gasteiger partial charge in [0.15, 0.2) is 11.5 Å². The van der Waals surface area contributed by atoms with Gasteiger partial charge >= 0.3 is 5.97 Å². The largest absolute Gasteiger partial charge is 0.480 e. The van der Waals surface area contributed by atoms with E-state index in [9.17, 15) is 9.59 Å². The van der Waals surface area contributed by atoms with Crippen LogP contribution < -0.4 is 19.7 Å². The smallest absolute Gasteiger partial charge is 0.326 e. The number of carboxylic acid groups (broad SMARTS) is 1. The lowest BCUT2D eigenvalue weighted by Gasteiger charge is -2.32. The number of nitrogens with zero attached hydrogens (tertiary/aromatic N) is 1. The SMILES string of the molecule is CC(C(=O)O)N1C(=O)CNc2cc3c(cc21)OCO3. The quantitative estimate of drug-likeness (QED) is 0.815. The molecule has 2 heterocycles. The minimum Gasteiger partial charge on any atom is -0.480 e. The molecule has 3 rings (SSSR count). The number of ether oxygens (including phenoxy) is 2. The summed E-state index contributed by atoms with van der Waals surface area (Å²) >= 11 is 0. The standard InChI is InChI=1S/C12H12N2O5/c1-6(12(16)17)14-8-3-10-9(18-5-19-10)2-7(8)13-4-11(14)15/h2-3,6,13H,4-5H2,1H3,(H,16,17). The van der Waals surface area contributed by atoms with E-state index < -0.39 is 12.0 Å². The van der Waals surface area contributed by atoms with E-state index in [0.717, 1.165) is 0 Å². The lowest BCUT2D eigenvalue weighted by molar-refractivity contribution is -0.139. The van der Waals surface area contributed by atoms with Crippen molar-refractivity contribution in [2.45, 2.75) is 13.0 Å². The summed E-state index contributed by atoms with van der Waals surface area (Å²) in [4.78, 5) is 24.3. The molecule has 100 valence electrons. The Bertz CT molecular complexity index is 571. The summed E-state index contributed by atoms with van der Waals surface area (Å²) in [5.74, 6) is -0.249. The molecule has 1 unspecified atom stereocenters. The van der Waals surface area contributed by atoms with Crippen molar-refractivity contribution in [3.8, 4) is 11.5 Å². The van der Waals surface area contributed by atoms with Crippen LogP contribution in [0.3, 0.4) is 0 Å². The Morgan fingerprint density at radius 3 is 2.79 bits per heavy atom. The van der Waals surface area contributed by atoms with Gasteiger partial charge in [-0.1, -0.05) is 0 Å². The zero-order chi connectivity index (χ0) is 13.6. The van der Waals surface area contributed by atoms with Crippen LogP contribution in [0.2, 0.25) is 0 Å². The fraction of sp³-hybridized carbons (Fsp3) is 0.333. The Balaban J connectivity index is 2.09. The number of benzene rings is 1. The monoisotopic (exact) mass is 264 g/mol. The highest BCUT2D eigenvalue weighted by molar-refractivity contribution is 6.06. The van der Waals surface area contributed by atoms with Crippen LogP contribution in [0.15, 0.2) is 12.1 Å². The Hall–Kier alpha value is -2.44. The third-order valence-corrected chi connectivity index (χ3v) is 3.19. The third kappa shape index (κ3) is 1.74. The van der Waals surface area contributed by atoms with Gasteiger partial charge in [0.2, 0.25) is 12.7 Å². The molecular weight excluding hydrogens is 252 g/mol. The molecule has 0 saturated heterocycles. The molecule has 2 N–H and O–H groups in total. The van der Waals surface area contributed by atoms with E-state index >= 15 is 0 Å². The summed E-state index contributed by atoms with van der Waals surface area (Å²) in [6.45, 7) is 1.66. The number of amides is 1. The highest BCUT2D eigenvalue weighted by Gasteiger charge is 2.33. The fourth-order valence-corrected chi connectivity index (χ4v) is 2.20. The van der Waals surface area contributed by atoms with Crippen LogP contribution >= 0.6 is 0 Å². The van der Waals surface area contributed by atoms with E-state index in [1.807, 2.05) is 0 Å². The summed E-state index contributed by atoms with van der Waals surface area (Å²) in [6, 6.07) is 2.40. The van der Waals surface area contributed by atoms with Gasteiger partial charge in [-0.05, 0) is 6.92 Å². The summed E-state index contributed by atoms with van der Waals surface area (Å²) in [6.07, 6.45) is 0. The van der Waals surface area contributed by atoms with Gasteiger partial charge in [-0.15, -0.1) is 0 Å². The molecule has 7 heteroatoms. The summed E-state index contributed by atoms with van der Waals surface area (Å²) in [5, 5.41) is 12.0. The van der Waals surface area contributed by atoms with E-state index in [2.05, 4.69) is 5.32 Å². The van der Waals surface area contributed by atoms with Gasteiger partial charge in [0, 0.05) is 12.1 Å². The molecule has 2 aliphatic heterocycles. The van der Waals surface area contributed by atoms with E-state index in [0.29, 0.717) is 22.9 Å². The number of aliphatic carboxylic acids is 1. The van der Waals surface area contributed by atoms with Crippen molar-refractivity contribution >= 4 is 23.3 Å². The topological polar surface area (TPSA) is 88.1 Å². The van der Waals surface area contributed by atoms with Crippen molar-refractivity contribution in [1.82, 2.24) is 0 Å². The molecule has 0 saturated carbocycles. The molecular formula is C12H12N2O5. The second-order valence-electron chi connectivity index (χ2n) is 4.35. The van der Waals surface area contributed by atoms with Crippen molar-refractivity contribution in [2.24, 2.45) is 0 Å². The number of hydrogen-bond donors (Lipinski definition) is 2. The first-order chi connectivity index (χ1) is 9.08. The maximum Gasteiger partial charge on any atom is 0.326 e. The van der Waals surface area contributed by atoms with Gasteiger partial charge in [-0.25, -0.2) is 4.79 Å². The van der Waals surface area contributed by atoms with Crippen LogP contribution in [0.1, 0.15) is 6.92 Å². The predicted molar refractivity (Wildman–Crippen MR) is 65.6 cm³/mol. The van der Waals surface area contributed by atoms with Gasteiger partial charge in [0.25, 0.3) is 0 Å². The second kappa shape index (κ2) is 4.04. The van der Waals surface area contributed by atoms with E-state index in [1.54, 1.807) is 12.1 Å². The van der Waals surface area contributed by atoms with Crippen LogP contribution in [0.4, 0.5) is 11.4 Å². The number of carboxylic acids is 1. The van der Waals surface area contributed by atoms with E-state index in [1.165, 1.54) is 11.8 Å². The maximum absolute atomic E-state index is 11.9. The highest BCUT2D eigenvalue weighted by atomic mass is 16.7. The van der Waals surface area contributed by atoms with Crippen LogP contribution in [0, 0.1) is 0 Å². The Morgan fingerprint density at radius 1 is 1.42 bits per heavy atom. The molecule has 19 heavy (non-hydrogen) atoms. The lowest BCUT2D eigenvalue weighted by Crippen LogP contribution is -2.48. The zero-order valence-corrected chi connectivity index (χ0v) is 10.2. The molecule has 1 aromatic rings. The number of hydrogen-bond acceptors (Lipinski definition) is 5. The van der Waals surface area contributed by atoms with Crippen molar-refractivity contribution in [2.75, 3.05) is 23.6 Å². The molecule has 0 spiro atoms. The number of carbonyl (C=O) groups is 2. The first-order valence-corrected chi connectivity index (χ1v) is 5.80. The van der Waals surface area contributed by atoms with Crippen LogP contribution in [-0.2, 0) is 9.59 Å². The number of fused-ring (bicyclic) bond motifs is 2. The van der Waals surface area contributed by atoms with Crippen molar-refractivity contribution in [3.63, 3.8) is 0 Å². The third-order valence-electron chi connectivity index (χ3n) is 3.19. The van der Waals surface area contributed by atoms with Gasteiger partial charge < -0.3 is 19.9 Å². The molecule has 0 aliphatic carbocycles. The molecule has 7 nitrogen and oxygen atoms in total. The molecule has 0 aromatic heterocycles. The van der Waals surface area contributed by atoms with Gasteiger partial charge in [-0.2, -0.15) is 0 Å². The summed E-state index contributed by atoms with van der Waals surface area (Å²) in [5.41, 5.74) is 1.16. The van der Waals surface area contributed by atoms with Crippen LogP contribution in [-0.4, -0.2) is 36.4 Å². The van der Waals surface area contributed by atoms with Crippen LogP contribution in [0.25, 0.3) is 0 Å². The average molecular weight is 264 g/mol. The average Bonchev–Trinajstić information content (AvgIpc) is 2.82. The Labute approximate surface area is 108 Å². The Morgan fingerprint density at radius 2 is 2.11 bits per heavy atom. The first kappa shape index (κ1) is 11.6. The first-order valence-electron chi connectivity index (χ1n) is 5.80. The van der Waals surface area contributed by atoms with Crippen molar-refractivity contribution in [1.29, 1.82) is 0 Å². The second-order valence-corrected chi connectivity index (χ2v) is 4.35. The molecule has 1 atom stereocenters. The zero-order valence-electron chi connectivity index (χ0n) is 10.2. The summed E-state index contributed by atoms with van der Waals surface area (Å²) in [7, 11) is 0. The molecule has 0 radical (unpaired) electrons. The van der Waals surface area contributed by atoms with Crippen molar-refractivity contribution in [3.05, 3.63) is 12.1 Å². The molecule has 1 amide bonds. The fourth-order valence-electron chi connectivity index (χ4n) is 2.20. The molecule has 0 bridgehead atoms. The molecule has 2 aliphatic rings. The van der Waals surface area contributed by atoms with Gasteiger partial charge in [0.1, 0.15) is 6.04 Å². The Kier molecular flexibility index (Phi) is 2.48. The number of anilines is 2. The van der Waals surface area contributed by atoms with Crippen molar-refractivity contribution < 1.29 is 24.2 Å². The molecule has 0 fully saturated rings. The maximum atomic E-state index is 11.9. The summed E-state index contributed by atoms with van der Waals surface area (Å²) < 4.78 is 10.5.